The molecule has 1 aliphatic rings. The van der Waals surface area contributed by atoms with Crippen molar-refractivity contribution < 1.29 is 9.50 Å². The van der Waals surface area contributed by atoms with E-state index in [-0.39, 0.29) is 5.82 Å². The normalized spacial score (nSPS) is 26.7. The van der Waals surface area contributed by atoms with Gasteiger partial charge in [-0.1, -0.05) is 22.9 Å². The Hall–Kier alpha value is -0.450. The zero-order valence-corrected chi connectivity index (χ0v) is 13.5. The van der Waals surface area contributed by atoms with Gasteiger partial charge in [0.25, 0.3) is 0 Å². The molecule has 1 aromatic rings. The molecule has 0 radical (unpaired) electrons. The van der Waals surface area contributed by atoms with E-state index in [9.17, 15) is 9.50 Å². The Morgan fingerprint density at radius 2 is 2.10 bits per heavy atom. The molecule has 0 bridgehead atoms. The van der Waals surface area contributed by atoms with Crippen LogP contribution in [0.1, 0.15) is 44.6 Å². The fraction of sp³-hybridized carbons (Fsp3) is 0.625. The summed E-state index contributed by atoms with van der Waals surface area (Å²) >= 11 is 3.36. The van der Waals surface area contributed by atoms with Gasteiger partial charge in [0.05, 0.1) is 5.60 Å². The molecule has 0 aliphatic heterocycles. The van der Waals surface area contributed by atoms with Crippen molar-refractivity contribution in [3.05, 3.63) is 34.1 Å². The van der Waals surface area contributed by atoms with Crippen LogP contribution in [0.15, 0.2) is 22.7 Å². The van der Waals surface area contributed by atoms with Gasteiger partial charge in [0.15, 0.2) is 0 Å². The summed E-state index contributed by atoms with van der Waals surface area (Å²) < 4.78 is 14.7. The van der Waals surface area contributed by atoms with Crippen molar-refractivity contribution in [2.24, 2.45) is 0 Å². The molecule has 2 N–H and O–H groups in total. The average molecular weight is 344 g/mol. The molecular weight excluding hydrogens is 321 g/mol. The van der Waals surface area contributed by atoms with Crippen molar-refractivity contribution in [3.8, 4) is 0 Å². The monoisotopic (exact) mass is 343 g/mol. The van der Waals surface area contributed by atoms with Crippen LogP contribution in [0.2, 0.25) is 0 Å². The predicted octanol–water partition coefficient (Wildman–Crippen LogP) is 3.80. The number of aliphatic hydroxyl groups is 1. The SMILES string of the molecule is CCCNC1CCC(O)(Cc2cc(Br)ccc2F)CC1. The number of nitrogens with one attached hydrogen (secondary N) is 1. The maximum Gasteiger partial charge on any atom is 0.126 e. The van der Waals surface area contributed by atoms with Gasteiger partial charge in [0, 0.05) is 16.9 Å². The Morgan fingerprint density at radius 3 is 2.75 bits per heavy atom. The lowest BCUT2D eigenvalue weighted by atomic mass is 9.78. The third-order valence-corrected chi connectivity index (χ3v) is 4.62. The van der Waals surface area contributed by atoms with E-state index in [0.29, 0.717) is 18.0 Å². The molecule has 0 atom stereocenters. The number of halogens is 2. The van der Waals surface area contributed by atoms with Gasteiger partial charge in [-0.25, -0.2) is 4.39 Å². The Morgan fingerprint density at radius 1 is 1.40 bits per heavy atom. The third kappa shape index (κ3) is 4.27. The highest BCUT2D eigenvalue weighted by molar-refractivity contribution is 9.10. The predicted molar refractivity (Wildman–Crippen MR) is 83.3 cm³/mol. The summed E-state index contributed by atoms with van der Waals surface area (Å²) in [6.45, 7) is 3.19. The summed E-state index contributed by atoms with van der Waals surface area (Å²) in [5.41, 5.74) is -0.159. The molecule has 0 aromatic heterocycles. The van der Waals surface area contributed by atoms with Gasteiger partial charge >= 0.3 is 0 Å². The minimum absolute atomic E-state index is 0.229. The molecular formula is C16H23BrFNO. The van der Waals surface area contributed by atoms with Crippen LogP contribution in [-0.4, -0.2) is 23.3 Å². The first-order chi connectivity index (χ1) is 9.52. The average Bonchev–Trinajstić information content (AvgIpc) is 2.42. The standard InChI is InChI=1S/C16H23BrFNO/c1-2-9-19-14-5-7-16(20,8-6-14)11-12-10-13(17)3-4-15(12)18/h3-4,10,14,19-20H,2,5-9,11H2,1H3. The Labute approximate surface area is 128 Å². The van der Waals surface area contributed by atoms with Crippen LogP contribution < -0.4 is 5.32 Å². The maximum atomic E-state index is 13.8. The summed E-state index contributed by atoms with van der Waals surface area (Å²) in [6.07, 6.45) is 4.93. The smallest absolute Gasteiger partial charge is 0.126 e. The van der Waals surface area contributed by atoms with E-state index in [1.165, 1.54) is 6.07 Å². The number of hydrogen-bond acceptors (Lipinski definition) is 2. The van der Waals surface area contributed by atoms with Crippen LogP contribution in [0.4, 0.5) is 4.39 Å². The first-order valence-corrected chi connectivity index (χ1v) is 8.21. The van der Waals surface area contributed by atoms with Crippen molar-refractivity contribution in [1.82, 2.24) is 5.32 Å². The molecule has 20 heavy (non-hydrogen) atoms. The van der Waals surface area contributed by atoms with Crippen LogP contribution in [0.3, 0.4) is 0 Å². The molecule has 0 spiro atoms. The van der Waals surface area contributed by atoms with E-state index in [4.69, 9.17) is 0 Å². The lowest BCUT2D eigenvalue weighted by Crippen LogP contribution is -2.42. The van der Waals surface area contributed by atoms with Crippen molar-refractivity contribution in [2.75, 3.05) is 6.54 Å². The highest BCUT2D eigenvalue weighted by atomic mass is 79.9. The van der Waals surface area contributed by atoms with Crippen molar-refractivity contribution in [3.63, 3.8) is 0 Å². The molecule has 1 aliphatic carbocycles. The second kappa shape index (κ2) is 7.01. The lowest BCUT2D eigenvalue weighted by Gasteiger charge is -2.36. The highest BCUT2D eigenvalue weighted by Gasteiger charge is 2.33. The van der Waals surface area contributed by atoms with Crippen LogP contribution in [0, 0.1) is 5.82 Å². The van der Waals surface area contributed by atoms with Gasteiger partial charge in [-0.05, 0) is 62.4 Å². The highest BCUT2D eigenvalue weighted by Crippen LogP contribution is 2.32. The molecule has 0 heterocycles. The van der Waals surface area contributed by atoms with Crippen LogP contribution >= 0.6 is 15.9 Å². The fourth-order valence-electron chi connectivity index (χ4n) is 2.92. The molecule has 112 valence electrons. The molecule has 0 unspecified atom stereocenters. The summed E-state index contributed by atoms with van der Waals surface area (Å²) in [5.74, 6) is -0.229. The summed E-state index contributed by atoms with van der Waals surface area (Å²) in [7, 11) is 0. The second-order valence-corrected chi connectivity index (χ2v) is 6.78. The molecule has 1 saturated carbocycles. The molecule has 2 rings (SSSR count). The zero-order valence-electron chi connectivity index (χ0n) is 12.0. The fourth-order valence-corrected chi connectivity index (χ4v) is 3.33. The van der Waals surface area contributed by atoms with Gasteiger partial charge in [0.2, 0.25) is 0 Å². The summed E-state index contributed by atoms with van der Waals surface area (Å²) in [4.78, 5) is 0. The van der Waals surface area contributed by atoms with E-state index in [1.807, 2.05) is 0 Å². The summed E-state index contributed by atoms with van der Waals surface area (Å²) in [6, 6.07) is 5.42. The largest absolute Gasteiger partial charge is 0.390 e. The van der Waals surface area contributed by atoms with Crippen molar-refractivity contribution in [2.45, 2.75) is 57.1 Å². The minimum Gasteiger partial charge on any atom is -0.390 e. The molecule has 0 amide bonds. The van der Waals surface area contributed by atoms with Gasteiger partial charge in [-0.2, -0.15) is 0 Å². The van der Waals surface area contributed by atoms with Crippen molar-refractivity contribution >= 4 is 15.9 Å². The Balaban J connectivity index is 1.94. The van der Waals surface area contributed by atoms with Crippen LogP contribution in [0.25, 0.3) is 0 Å². The quantitative estimate of drug-likeness (QED) is 0.852. The van der Waals surface area contributed by atoms with Crippen LogP contribution in [0.5, 0.6) is 0 Å². The zero-order chi connectivity index (χ0) is 14.6. The second-order valence-electron chi connectivity index (χ2n) is 5.87. The molecule has 2 nitrogen and oxygen atoms in total. The third-order valence-electron chi connectivity index (χ3n) is 4.13. The van der Waals surface area contributed by atoms with E-state index < -0.39 is 5.60 Å². The van der Waals surface area contributed by atoms with Crippen molar-refractivity contribution in [1.29, 1.82) is 0 Å². The lowest BCUT2D eigenvalue weighted by molar-refractivity contribution is -0.00372. The van der Waals surface area contributed by atoms with Gasteiger partial charge in [-0.15, -0.1) is 0 Å². The van der Waals surface area contributed by atoms with E-state index in [1.54, 1.807) is 12.1 Å². The summed E-state index contributed by atoms with van der Waals surface area (Å²) in [5, 5.41) is 14.2. The molecule has 0 saturated heterocycles. The first kappa shape index (κ1) is 15.9. The Bertz CT molecular complexity index is 444. The number of rotatable bonds is 5. The number of benzene rings is 1. The van der Waals surface area contributed by atoms with Gasteiger partial charge in [-0.3, -0.25) is 0 Å². The van der Waals surface area contributed by atoms with Gasteiger partial charge < -0.3 is 10.4 Å². The topological polar surface area (TPSA) is 32.3 Å². The van der Waals surface area contributed by atoms with E-state index >= 15 is 0 Å². The van der Waals surface area contributed by atoms with Gasteiger partial charge in [0.1, 0.15) is 5.82 Å². The number of hydrogen-bond donors (Lipinski definition) is 2. The molecule has 1 fully saturated rings. The van der Waals surface area contributed by atoms with E-state index in [0.717, 1.165) is 43.1 Å². The maximum absolute atomic E-state index is 13.8. The van der Waals surface area contributed by atoms with Crippen LogP contribution in [-0.2, 0) is 6.42 Å². The van der Waals surface area contributed by atoms with E-state index in [2.05, 4.69) is 28.2 Å². The minimum atomic E-state index is -0.758. The Kier molecular flexibility index (Phi) is 5.58. The molecule has 1 aromatic carbocycles. The molecule has 4 heteroatoms. The first-order valence-electron chi connectivity index (χ1n) is 7.42.